The Balaban J connectivity index is 3.95. The van der Waals surface area contributed by atoms with Crippen LogP contribution in [0.15, 0.2) is 0 Å². The molecule has 0 radical (unpaired) electrons. The molecule has 0 spiro atoms. The highest BCUT2D eigenvalue weighted by molar-refractivity contribution is 5.83. The standard InChI is InChI=1S/C14H30N2O/c1-11(2)9-7-8-10-16-12(17)13(3,4)14(5,6)15/h11H,7-10,15H2,1-6H3,(H,16,17). The van der Waals surface area contributed by atoms with Gasteiger partial charge in [-0.3, -0.25) is 4.79 Å². The highest BCUT2D eigenvalue weighted by Crippen LogP contribution is 2.28. The largest absolute Gasteiger partial charge is 0.356 e. The van der Waals surface area contributed by atoms with Crippen molar-refractivity contribution in [3.05, 3.63) is 0 Å². The molecular weight excluding hydrogens is 212 g/mol. The van der Waals surface area contributed by atoms with E-state index in [0.717, 1.165) is 18.9 Å². The first-order valence-corrected chi connectivity index (χ1v) is 6.66. The summed E-state index contributed by atoms with van der Waals surface area (Å²) in [6.45, 7) is 12.8. The summed E-state index contributed by atoms with van der Waals surface area (Å²) in [5.41, 5.74) is 4.98. The number of carbonyl (C=O) groups is 1. The molecule has 17 heavy (non-hydrogen) atoms. The van der Waals surface area contributed by atoms with E-state index in [4.69, 9.17) is 5.73 Å². The molecule has 3 N–H and O–H groups in total. The van der Waals surface area contributed by atoms with Crippen LogP contribution in [-0.4, -0.2) is 18.0 Å². The van der Waals surface area contributed by atoms with Crippen LogP contribution in [-0.2, 0) is 4.79 Å². The molecule has 0 heterocycles. The van der Waals surface area contributed by atoms with Crippen molar-refractivity contribution in [2.45, 2.75) is 66.3 Å². The van der Waals surface area contributed by atoms with E-state index < -0.39 is 11.0 Å². The van der Waals surface area contributed by atoms with Crippen molar-refractivity contribution in [3.8, 4) is 0 Å². The number of nitrogens with two attached hydrogens (primary N) is 1. The van der Waals surface area contributed by atoms with Gasteiger partial charge in [0, 0.05) is 12.1 Å². The molecule has 1 amide bonds. The van der Waals surface area contributed by atoms with Crippen LogP contribution in [0.3, 0.4) is 0 Å². The first kappa shape index (κ1) is 16.4. The first-order valence-electron chi connectivity index (χ1n) is 6.66. The van der Waals surface area contributed by atoms with Crippen LogP contribution in [0, 0.1) is 11.3 Å². The number of hydrogen-bond donors (Lipinski definition) is 2. The van der Waals surface area contributed by atoms with Gasteiger partial charge in [-0.15, -0.1) is 0 Å². The maximum Gasteiger partial charge on any atom is 0.227 e. The molecule has 0 aromatic carbocycles. The molecule has 0 bridgehead atoms. The van der Waals surface area contributed by atoms with Crippen LogP contribution in [0.4, 0.5) is 0 Å². The van der Waals surface area contributed by atoms with Gasteiger partial charge >= 0.3 is 0 Å². The fourth-order valence-corrected chi connectivity index (χ4v) is 1.39. The predicted octanol–water partition coefficient (Wildman–Crippen LogP) is 2.69. The normalized spacial score (nSPS) is 12.9. The van der Waals surface area contributed by atoms with Crippen LogP contribution in [0.25, 0.3) is 0 Å². The molecule has 0 unspecified atom stereocenters. The summed E-state index contributed by atoms with van der Waals surface area (Å²) < 4.78 is 0. The van der Waals surface area contributed by atoms with Gasteiger partial charge in [0.2, 0.25) is 5.91 Å². The lowest BCUT2D eigenvalue weighted by Gasteiger charge is -2.36. The Morgan fingerprint density at radius 3 is 2.12 bits per heavy atom. The van der Waals surface area contributed by atoms with Gasteiger partial charge in [-0.05, 0) is 40.0 Å². The highest BCUT2D eigenvalue weighted by atomic mass is 16.2. The Kier molecular flexibility index (Phi) is 6.17. The highest BCUT2D eigenvalue weighted by Gasteiger charge is 2.39. The van der Waals surface area contributed by atoms with Gasteiger partial charge in [-0.1, -0.05) is 26.7 Å². The number of hydrogen-bond acceptors (Lipinski definition) is 2. The molecule has 0 aromatic rings. The Morgan fingerprint density at radius 2 is 1.71 bits per heavy atom. The van der Waals surface area contributed by atoms with Gasteiger partial charge in [0.25, 0.3) is 0 Å². The van der Waals surface area contributed by atoms with E-state index in [1.54, 1.807) is 0 Å². The van der Waals surface area contributed by atoms with Gasteiger partial charge in [-0.2, -0.15) is 0 Å². The van der Waals surface area contributed by atoms with Crippen LogP contribution < -0.4 is 11.1 Å². The summed E-state index contributed by atoms with van der Waals surface area (Å²) in [7, 11) is 0. The van der Waals surface area contributed by atoms with Crippen LogP contribution in [0.2, 0.25) is 0 Å². The average Bonchev–Trinajstić information content (AvgIpc) is 2.14. The molecule has 3 nitrogen and oxygen atoms in total. The van der Waals surface area contributed by atoms with E-state index in [0.29, 0.717) is 0 Å². The molecule has 0 atom stereocenters. The lowest BCUT2D eigenvalue weighted by molar-refractivity contribution is -0.132. The monoisotopic (exact) mass is 242 g/mol. The van der Waals surface area contributed by atoms with Gasteiger partial charge in [0.15, 0.2) is 0 Å². The predicted molar refractivity (Wildman–Crippen MR) is 73.7 cm³/mol. The van der Waals surface area contributed by atoms with Crippen molar-refractivity contribution in [2.24, 2.45) is 17.1 Å². The van der Waals surface area contributed by atoms with E-state index in [2.05, 4.69) is 19.2 Å². The van der Waals surface area contributed by atoms with E-state index in [-0.39, 0.29) is 5.91 Å². The Hall–Kier alpha value is -0.570. The summed E-state index contributed by atoms with van der Waals surface area (Å²) >= 11 is 0. The van der Waals surface area contributed by atoms with E-state index in [1.807, 2.05) is 27.7 Å². The average molecular weight is 242 g/mol. The summed E-state index contributed by atoms with van der Waals surface area (Å²) in [4.78, 5) is 12.0. The molecule has 3 heteroatoms. The van der Waals surface area contributed by atoms with Gasteiger partial charge in [-0.25, -0.2) is 0 Å². The van der Waals surface area contributed by atoms with E-state index >= 15 is 0 Å². The maximum atomic E-state index is 12.0. The quantitative estimate of drug-likeness (QED) is 0.674. The molecule has 0 aliphatic carbocycles. The minimum atomic E-state index is -0.537. The fourth-order valence-electron chi connectivity index (χ4n) is 1.39. The zero-order valence-corrected chi connectivity index (χ0v) is 12.4. The smallest absolute Gasteiger partial charge is 0.227 e. The number of amides is 1. The maximum absolute atomic E-state index is 12.0. The lowest BCUT2D eigenvalue weighted by Crippen LogP contribution is -2.55. The van der Waals surface area contributed by atoms with Gasteiger partial charge in [0.05, 0.1) is 5.41 Å². The third-order valence-electron chi connectivity index (χ3n) is 3.67. The van der Waals surface area contributed by atoms with Crippen molar-refractivity contribution < 1.29 is 4.79 Å². The third kappa shape index (κ3) is 5.53. The molecule has 0 aliphatic heterocycles. The van der Waals surface area contributed by atoms with Crippen molar-refractivity contribution >= 4 is 5.91 Å². The second-order valence-electron chi connectivity index (χ2n) is 6.49. The zero-order chi connectivity index (χ0) is 13.7. The Morgan fingerprint density at radius 1 is 1.18 bits per heavy atom. The van der Waals surface area contributed by atoms with E-state index in [1.165, 1.54) is 12.8 Å². The molecule has 0 saturated carbocycles. The van der Waals surface area contributed by atoms with Gasteiger partial charge < -0.3 is 11.1 Å². The fraction of sp³-hybridized carbons (Fsp3) is 0.929. The number of nitrogens with one attached hydrogen (secondary N) is 1. The summed E-state index contributed by atoms with van der Waals surface area (Å²) in [5.74, 6) is 0.791. The lowest BCUT2D eigenvalue weighted by atomic mass is 9.74. The Labute approximate surface area is 107 Å². The second-order valence-corrected chi connectivity index (χ2v) is 6.49. The van der Waals surface area contributed by atoms with Crippen LogP contribution >= 0.6 is 0 Å². The van der Waals surface area contributed by atoms with Gasteiger partial charge in [0.1, 0.15) is 0 Å². The minimum absolute atomic E-state index is 0.0505. The molecule has 0 rings (SSSR count). The SMILES string of the molecule is CC(C)CCCCNC(=O)C(C)(C)C(C)(C)N. The first-order chi connectivity index (χ1) is 7.59. The molecule has 0 aliphatic rings. The molecular formula is C14H30N2O. The molecule has 0 aromatic heterocycles. The van der Waals surface area contributed by atoms with Crippen LogP contribution in [0.5, 0.6) is 0 Å². The summed E-state index contributed by atoms with van der Waals surface area (Å²) in [6.07, 6.45) is 3.44. The second kappa shape index (κ2) is 6.39. The molecule has 0 fully saturated rings. The van der Waals surface area contributed by atoms with Crippen LogP contribution in [0.1, 0.15) is 60.8 Å². The number of carbonyl (C=O) groups excluding carboxylic acids is 1. The summed E-state index contributed by atoms with van der Waals surface area (Å²) in [6, 6.07) is 0. The topological polar surface area (TPSA) is 55.1 Å². The molecule has 102 valence electrons. The third-order valence-corrected chi connectivity index (χ3v) is 3.67. The van der Waals surface area contributed by atoms with Crippen molar-refractivity contribution in [1.82, 2.24) is 5.32 Å². The van der Waals surface area contributed by atoms with E-state index in [9.17, 15) is 4.79 Å². The van der Waals surface area contributed by atoms with Crippen molar-refractivity contribution in [2.75, 3.05) is 6.54 Å². The van der Waals surface area contributed by atoms with Crippen molar-refractivity contribution in [1.29, 1.82) is 0 Å². The molecule has 0 saturated heterocycles. The van der Waals surface area contributed by atoms with Crippen molar-refractivity contribution in [3.63, 3.8) is 0 Å². The minimum Gasteiger partial charge on any atom is -0.356 e. The Bertz CT molecular complexity index is 239. The number of rotatable bonds is 7. The number of unbranched alkanes of at least 4 members (excludes halogenated alkanes) is 1. The summed E-state index contributed by atoms with van der Waals surface area (Å²) in [5, 5.41) is 2.98. The zero-order valence-electron chi connectivity index (χ0n) is 12.4.